The second-order valence-corrected chi connectivity index (χ2v) is 9.16. The molecule has 1 aromatic heterocycles. The Balaban J connectivity index is 1.23. The summed E-state index contributed by atoms with van der Waals surface area (Å²) in [6.07, 6.45) is 0.896. The molecule has 0 spiro atoms. The van der Waals surface area contributed by atoms with Gasteiger partial charge in [-0.1, -0.05) is 30.3 Å². The lowest BCUT2D eigenvalue weighted by Gasteiger charge is -2.37. The average Bonchev–Trinajstić information content (AvgIpc) is 2.95. The van der Waals surface area contributed by atoms with Crippen LogP contribution in [0.4, 0.5) is 11.5 Å². The van der Waals surface area contributed by atoms with Crippen molar-refractivity contribution < 1.29 is 14.3 Å². The minimum atomic E-state index is -0.171. The number of ether oxygens (including phenoxy) is 2. The van der Waals surface area contributed by atoms with Gasteiger partial charge in [0.05, 0.1) is 20.3 Å². The second-order valence-electron chi connectivity index (χ2n) is 9.16. The third-order valence-corrected chi connectivity index (χ3v) is 6.92. The number of hydrogen-bond donors (Lipinski definition) is 1. The number of morpholine rings is 1. The van der Waals surface area contributed by atoms with Gasteiger partial charge in [-0.25, -0.2) is 0 Å². The number of nitrogens with zero attached hydrogens (tertiary/aromatic N) is 5. The number of benzene rings is 2. The minimum absolute atomic E-state index is 0.171. The van der Waals surface area contributed by atoms with Gasteiger partial charge < -0.3 is 24.6 Å². The summed E-state index contributed by atoms with van der Waals surface area (Å²) < 4.78 is 10.8. The van der Waals surface area contributed by atoms with E-state index in [0.29, 0.717) is 12.2 Å². The first-order valence-corrected chi connectivity index (χ1v) is 12.7. The van der Waals surface area contributed by atoms with Crippen LogP contribution in [0.5, 0.6) is 5.75 Å². The zero-order chi connectivity index (χ0) is 24.7. The number of piperazine rings is 1. The Morgan fingerprint density at radius 2 is 1.69 bits per heavy atom. The molecule has 0 unspecified atom stereocenters. The number of carbonyl (C=O) groups excluding carboxylic acids is 1. The summed E-state index contributed by atoms with van der Waals surface area (Å²) in [5.74, 6) is 1.52. The predicted octanol–water partition coefficient (Wildman–Crippen LogP) is 2.42. The molecule has 1 amide bonds. The number of anilines is 2. The van der Waals surface area contributed by atoms with Crippen LogP contribution in [-0.2, 0) is 4.74 Å². The summed E-state index contributed by atoms with van der Waals surface area (Å²) in [4.78, 5) is 20.0. The summed E-state index contributed by atoms with van der Waals surface area (Å²) in [6.45, 7) is 8.44. The van der Waals surface area contributed by atoms with Gasteiger partial charge in [0.15, 0.2) is 11.5 Å². The lowest BCUT2D eigenvalue weighted by molar-refractivity contribution is 0.0374. The summed E-state index contributed by atoms with van der Waals surface area (Å²) in [5.41, 5.74) is 1.54. The van der Waals surface area contributed by atoms with Gasteiger partial charge in [0, 0.05) is 68.3 Å². The van der Waals surface area contributed by atoms with Crippen molar-refractivity contribution in [2.24, 2.45) is 0 Å². The van der Waals surface area contributed by atoms with Crippen molar-refractivity contribution in [2.75, 3.05) is 82.5 Å². The van der Waals surface area contributed by atoms with Crippen LogP contribution in [0.25, 0.3) is 10.8 Å². The SMILES string of the molecule is COc1cccc(N2CCN(c3nnc(C(=O)NCCCN4CCOCC4)c4ccccc34)CC2)c1. The van der Waals surface area contributed by atoms with Crippen LogP contribution in [-0.4, -0.2) is 93.7 Å². The van der Waals surface area contributed by atoms with Crippen molar-refractivity contribution in [3.05, 3.63) is 54.2 Å². The van der Waals surface area contributed by atoms with Crippen molar-refractivity contribution in [1.82, 2.24) is 20.4 Å². The molecule has 2 aliphatic rings. The minimum Gasteiger partial charge on any atom is -0.497 e. The van der Waals surface area contributed by atoms with E-state index in [1.54, 1.807) is 7.11 Å². The number of methoxy groups -OCH3 is 1. The van der Waals surface area contributed by atoms with Gasteiger partial charge in [-0.3, -0.25) is 9.69 Å². The first kappa shape index (κ1) is 24.3. The Hall–Kier alpha value is -3.43. The molecule has 190 valence electrons. The third kappa shape index (κ3) is 5.52. The van der Waals surface area contributed by atoms with Crippen LogP contribution in [0.1, 0.15) is 16.9 Å². The number of hydrogen-bond acceptors (Lipinski definition) is 8. The lowest BCUT2D eigenvalue weighted by Crippen LogP contribution is -2.47. The van der Waals surface area contributed by atoms with E-state index in [0.717, 1.165) is 93.5 Å². The van der Waals surface area contributed by atoms with Crippen molar-refractivity contribution in [1.29, 1.82) is 0 Å². The van der Waals surface area contributed by atoms with E-state index < -0.39 is 0 Å². The lowest BCUT2D eigenvalue weighted by atomic mass is 10.1. The van der Waals surface area contributed by atoms with E-state index in [-0.39, 0.29) is 5.91 Å². The first-order chi connectivity index (χ1) is 17.7. The normalized spacial score (nSPS) is 16.8. The van der Waals surface area contributed by atoms with Gasteiger partial charge in [-0.05, 0) is 25.1 Å². The molecule has 1 N–H and O–H groups in total. The van der Waals surface area contributed by atoms with Crippen molar-refractivity contribution >= 4 is 28.2 Å². The van der Waals surface area contributed by atoms with E-state index in [9.17, 15) is 4.79 Å². The van der Waals surface area contributed by atoms with E-state index in [4.69, 9.17) is 9.47 Å². The molecule has 0 radical (unpaired) electrons. The van der Waals surface area contributed by atoms with Crippen molar-refractivity contribution in [3.63, 3.8) is 0 Å². The summed E-state index contributed by atoms with van der Waals surface area (Å²) in [5, 5.41) is 13.8. The molecule has 0 aliphatic carbocycles. The van der Waals surface area contributed by atoms with Crippen molar-refractivity contribution in [3.8, 4) is 5.75 Å². The highest BCUT2D eigenvalue weighted by atomic mass is 16.5. The zero-order valence-corrected chi connectivity index (χ0v) is 20.9. The molecule has 3 heterocycles. The molecule has 5 rings (SSSR count). The monoisotopic (exact) mass is 490 g/mol. The molecule has 9 nitrogen and oxygen atoms in total. The molecule has 0 saturated carbocycles. The molecular weight excluding hydrogens is 456 g/mol. The maximum absolute atomic E-state index is 13.0. The van der Waals surface area contributed by atoms with Crippen LogP contribution >= 0.6 is 0 Å². The maximum atomic E-state index is 13.0. The highest BCUT2D eigenvalue weighted by Crippen LogP contribution is 2.28. The fourth-order valence-corrected chi connectivity index (χ4v) is 4.89. The van der Waals surface area contributed by atoms with E-state index >= 15 is 0 Å². The van der Waals surface area contributed by atoms with Crippen LogP contribution in [0, 0.1) is 0 Å². The molecular formula is C27H34N6O3. The smallest absolute Gasteiger partial charge is 0.272 e. The highest BCUT2D eigenvalue weighted by molar-refractivity contribution is 6.07. The Labute approximate surface area is 212 Å². The van der Waals surface area contributed by atoms with E-state index in [1.807, 2.05) is 36.4 Å². The Morgan fingerprint density at radius 3 is 2.47 bits per heavy atom. The zero-order valence-electron chi connectivity index (χ0n) is 20.9. The van der Waals surface area contributed by atoms with Gasteiger partial charge >= 0.3 is 0 Å². The first-order valence-electron chi connectivity index (χ1n) is 12.7. The molecule has 3 aromatic rings. The molecule has 2 fully saturated rings. The van der Waals surface area contributed by atoms with Gasteiger partial charge in [0.25, 0.3) is 5.91 Å². The molecule has 2 saturated heterocycles. The van der Waals surface area contributed by atoms with Crippen LogP contribution in [0.15, 0.2) is 48.5 Å². The predicted molar refractivity (Wildman–Crippen MR) is 141 cm³/mol. The van der Waals surface area contributed by atoms with Crippen LogP contribution < -0.4 is 19.9 Å². The second kappa shape index (κ2) is 11.5. The largest absolute Gasteiger partial charge is 0.497 e. The molecule has 0 atom stereocenters. The number of rotatable bonds is 8. The van der Waals surface area contributed by atoms with E-state index in [2.05, 4.69) is 42.3 Å². The maximum Gasteiger partial charge on any atom is 0.272 e. The Bertz CT molecular complexity index is 1180. The van der Waals surface area contributed by atoms with Crippen LogP contribution in [0.3, 0.4) is 0 Å². The number of fused-ring (bicyclic) bond motifs is 1. The van der Waals surface area contributed by atoms with Gasteiger partial charge in [0.2, 0.25) is 0 Å². The third-order valence-electron chi connectivity index (χ3n) is 6.92. The number of amides is 1. The fourth-order valence-electron chi connectivity index (χ4n) is 4.89. The fraction of sp³-hybridized carbons (Fsp3) is 0.444. The summed E-state index contributed by atoms with van der Waals surface area (Å²) >= 11 is 0. The molecule has 36 heavy (non-hydrogen) atoms. The van der Waals surface area contributed by atoms with Crippen LogP contribution in [0.2, 0.25) is 0 Å². The molecule has 2 aliphatic heterocycles. The van der Waals surface area contributed by atoms with Gasteiger partial charge in [0.1, 0.15) is 5.75 Å². The summed E-state index contributed by atoms with van der Waals surface area (Å²) in [6, 6.07) is 16.1. The Kier molecular flexibility index (Phi) is 7.78. The molecule has 2 aromatic carbocycles. The molecule has 9 heteroatoms. The number of nitrogens with one attached hydrogen (secondary N) is 1. The van der Waals surface area contributed by atoms with Crippen molar-refractivity contribution in [2.45, 2.75) is 6.42 Å². The number of carbonyl (C=O) groups is 1. The summed E-state index contributed by atoms with van der Waals surface area (Å²) in [7, 11) is 1.69. The average molecular weight is 491 g/mol. The number of aromatic nitrogens is 2. The molecule has 0 bridgehead atoms. The highest BCUT2D eigenvalue weighted by Gasteiger charge is 2.23. The van der Waals surface area contributed by atoms with Gasteiger partial charge in [-0.15, -0.1) is 10.2 Å². The topological polar surface area (TPSA) is 83.1 Å². The quantitative estimate of drug-likeness (QED) is 0.482. The van der Waals surface area contributed by atoms with E-state index in [1.165, 1.54) is 0 Å². The van der Waals surface area contributed by atoms with Gasteiger partial charge in [-0.2, -0.15) is 0 Å². The standard InChI is InChI=1S/C27H34N6O3/c1-35-22-7-4-6-21(20-22)32-12-14-33(15-13-32)26-24-9-3-2-8-23(24)25(29-30-26)27(34)28-10-5-11-31-16-18-36-19-17-31/h2-4,6-9,20H,5,10-19H2,1H3,(H,28,34). The Morgan fingerprint density at radius 1 is 0.944 bits per heavy atom.